The summed E-state index contributed by atoms with van der Waals surface area (Å²) in [6, 6.07) is 19.7. The molecule has 0 unspecified atom stereocenters. The fraction of sp³-hybridized carbons (Fsp3) is 0.575. The molecular formula is C40H44N4O2. The Morgan fingerprint density at radius 3 is 1.98 bits per heavy atom. The van der Waals surface area contributed by atoms with Crippen LogP contribution >= 0.6 is 0 Å². The highest BCUT2D eigenvalue weighted by Crippen LogP contribution is 2.71. The number of aliphatic hydroxyl groups is 1. The number of carbonyl (C=O) groups is 1. The molecule has 1 amide bonds. The minimum absolute atomic E-state index is 0.00620. The number of fused-ring (bicyclic) bond motifs is 11. The van der Waals surface area contributed by atoms with Gasteiger partial charge < -0.3 is 14.9 Å². The van der Waals surface area contributed by atoms with Crippen molar-refractivity contribution in [1.82, 2.24) is 9.80 Å². The van der Waals surface area contributed by atoms with Gasteiger partial charge in [0.05, 0.1) is 18.1 Å². The highest BCUT2D eigenvalue weighted by molar-refractivity contribution is 6.02. The molecule has 0 aromatic heterocycles. The summed E-state index contributed by atoms with van der Waals surface area (Å²) in [4.78, 5) is 26.2. The number of amides is 1. The summed E-state index contributed by atoms with van der Waals surface area (Å²) in [5.41, 5.74) is 8.52. The van der Waals surface area contributed by atoms with E-state index in [1.807, 2.05) is 0 Å². The summed E-state index contributed by atoms with van der Waals surface area (Å²) in [5, 5.41) is 13.1. The molecule has 46 heavy (non-hydrogen) atoms. The number of piperidine rings is 4. The van der Waals surface area contributed by atoms with Crippen molar-refractivity contribution in [3.63, 3.8) is 0 Å². The number of para-hydroxylation sites is 2. The van der Waals surface area contributed by atoms with Crippen LogP contribution in [-0.2, 0) is 15.6 Å². The average Bonchev–Trinajstić information content (AvgIpc) is 3.83. The van der Waals surface area contributed by atoms with Crippen LogP contribution in [0, 0.1) is 29.6 Å². The molecule has 2 aromatic rings. The summed E-state index contributed by atoms with van der Waals surface area (Å²) in [6.45, 7) is 8.77. The molecule has 13 atom stereocenters. The number of carbonyl (C=O) groups excluding carboxylic acids is 1. The molecular weight excluding hydrogens is 568 g/mol. The first kappa shape index (κ1) is 26.1. The molecule has 4 bridgehead atoms. The van der Waals surface area contributed by atoms with E-state index in [1.165, 1.54) is 28.8 Å². The van der Waals surface area contributed by atoms with Crippen LogP contribution in [-0.4, -0.2) is 83.3 Å². The van der Waals surface area contributed by atoms with Gasteiger partial charge in [-0.3, -0.25) is 14.6 Å². The second-order valence-electron chi connectivity index (χ2n) is 16.7. The third-order valence-corrected chi connectivity index (χ3v) is 16.1. The van der Waals surface area contributed by atoms with Gasteiger partial charge in [-0.05, 0) is 87.7 Å². The second-order valence-corrected chi connectivity index (χ2v) is 16.7. The molecule has 2 aromatic carbocycles. The van der Waals surface area contributed by atoms with E-state index in [-0.39, 0.29) is 46.7 Å². The molecule has 236 valence electrons. The monoisotopic (exact) mass is 612 g/mol. The van der Waals surface area contributed by atoms with Crippen molar-refractivity contribution in [1.29, 1.82) is 0 Å². The van der Waals surface area contributed by atoms with Crippen LogP contribution in [0.4, 0.5) is 11.4 Å². The number of hydrogen-bond acceptors (Lipinski definition) is 5. The van der Waals surface area contributed by atoms with Gasteiger partial charge in [0.25, 0.3) is 0 Å². The van der Waals surface area contributed by atoms with E-state index in [9.17, 15) is 5.11 Å². The van der Waals surface area contributed by atoms with Gasteiger partial charge in [0.1, 0.15) is 0 Å². The van der Waals surface area contributed by atoms with Crippen LogP contribution in [0.2, 0.25) is 0 Å². The van der Waals surface area contributed by atoms with Crippen LogP contribution in [0.25, 0.3) is 0 Å². The quantitative estimate of drug-likeness (QED) is 0.445. The van der Waals surface area contributed by atoms with Crippen LogP contribution in [0.3, 0.4) is 0 Å². The topological polar surface area (TPSA) is 50.3 Å². The Kier molecular flexibility index (Phi) is 4.64. The minimum atomic E-state index is -0.641. The number of nitrogens with zero attached hydrogens (tertiary/aromatic N) is 4. The molecule has 1 N–H and O–H groups in total. The molecule has 10 aliphatic rings. The maximum atomic E-state index is 15.5. The number of hydrogen-bond donors (Lipinski definition) is 1. The smallest absolute Gasteiger partial charge is 0.235 e. The molecule has 0 radical (unpaired) electrons. The Balaban J connectivity index is 1.15. The lowest BCUT2D eigenvalue weighted by Gasteiger charge is -2.68. The van der Waals surface area contributed by atoms with Gasteiger partial charge >= 0.3 is 0 Å². The highest BCUT2D eigenvalue weighted by atomic mass is 16.3. The summed E-state index contributed by atoms with van der Waals surface area (Å²) in [7, 11) is 0. The molecule has 8 fully saturated rings. The Morgan fingerprint density at radius 2 is 1.33 bits per heavy atom. The first-order valence-corrected chi connectivity index (χ1v) is 18.3. The minimum Gasteiger partial charge on any atom is -0.392 e. The third kappa shape index (κ3) is 2.48. The molecule has 6 heteroatoms. The molecule has 8 heterocycles. The lowest BCUT2D eigenvalue weighted by molar-refractivity contribution is -0.148. The maximum Gasteiger partial charge on any atom is 0.235 e. The van der Waals surface area contributed by atoms with Crippen LogP contribution in [0.15, 0.2) is 71.8 Å². The Bertz CT molecular complexity index is 1820. The van der Waals surface area contributed by atoms with Crippen LogP contribution in [0.1, 0.15) is 50.7 Å². The number of benzene rings is 2. The lowest BCUT2D eigenvalue weighted by Crippen LogP contribution is -2.80. The van der Waals surface area contributed by atoms with Crippen molar-refractivity contribution in [3.8, 4) is 0 Å². The molecule has 12 rings (SSSR count). The van der Waals surface area contributed by atoms with Gasteiger partial charge in [0.2, 0.25) is 5.91 Å². The predicted octanol–water partition coefficient (Wildman–Crippen LogP) is 4.48. The van der Waals surface area contributed by atoms with E-state index in [2.05, 4.69) is 94.1 Å². The van der Waals surface area contributed by atoms with Gasteiger partial charge in [-0.2, -0.15) is 0 Å². The maximum absolute atomic E-state index is 15.5. The van der Waals surface area contributed by atoms with Crippen molar-refractivity contribution in [2.75, 3.05) is 36.0 Å². The summed E-state index contributed by atoms with van der Waals surface area (Å²) in [6.07, 6.45) is 8.69. The Labute approximate surface area is 271 Å². The van der Waals surface area contributed by atoms with Gasteiger partial charge in [0, 0.05) is 71.3 Å². The summed E-state index contributed by atoms with van der Waals surface area (Å²) >= 11 is 0. The number of rotatable bonds is 0. The van der Waals surface area contributed by atoms with E-state index in [0.29, 0.717) is 23.9 Å². The van der Waals surface area contributed by atoms with Gasteiger partial charge in [-0.25, -0.2) is 0 Å². The first-order chi connectivity index (χ1) is 22.5. The Hall–Kier alpha value is -2.93. The predicted molar refractivity (Wildman–Crippen MR) is 178 cm³/mol. The standard InChI is InChI=1S/C40H44N4O2/c1-3-21-19-41-15-13-39-26-10-6-8-12-28(26)44-36(39)31(23(21)17-29(39)41)34-33(38(44)46)35(45)32-24-18-30-40(14-16-42(30)20-22(24)4-2)25-9-5-7-11-27(25)43(34)37(32)40/h3-12,23-24,29-37,45H,13-20H2,1-2H3/b21-3-,22-4-/t23-,24-,29-,30-,31+,32-,33+,34+,35-,36-,37-,39+,40+/m0/s1. The zero-order chi connectivity index (χ0) is 30.4. The molecule has 8 aliphatic heterocycles. The second kappa shape index (κ2) is 8.19. The summed E-state index contributed by atoms with van der Waals surface area (Å²) < 4.78 is 0. The molecule has 2 saturated carbocycles. The van der Waals surface area contributed by atoms with Gasteiger partial charge in [-0.15, -0.1) is 0 Å². The molecule has 6 saturated heterocycles. The molecule has 2 aliphatic carbocycles. The average molecular weight is 613 g/mol. The van der Waals surface area contributed by atoms with E-state index in [0.717, 1.165) is 51.1 Å². The first-order valence-electron chi connectivity index (χ1n) is 18.3. The highest BCUT2D eigenvalue weighted by Gasteiger charge is 2.78. The van der Waals surface area contributed by atoms with E-state index in [4.69, 9.17) is 0 Å². The van der Waals surface area contributed by atoms with E-state index < -0.39 is 12.0 Å². The summed E-state index contributed by atoms with van der Waals surface area (Å²) in [5.74, 6) is 0.900. The molecule has 6 nitrogen and oxygen atoms in total. The van der Waals surface area contributed by atoms with Crippen molar-refractivity contribution < 1.29 is 9.90 Å². The largest absolute Gasteiger partial charge is 0.392 e. The Morgan fingerprint density at radius 1 is 0.761 bits per heavy atom. The SMILES string of the molecule is C/C=C1/CN2CC[C@]34c5ccccc5N5C(=O)[C@H]6[C@@H](O)[C@H]7[C@@H]8N(c9ccccc9[C@@]89CCN8C/C(=C/C)[C@@H]7C[C@H]89)[C@@H]6[C@H]([C@H]53)[C@H]1C[C@H]24. The zero-order valence-corrected chi connectivity index (χ0v) is 26.9. The van der Waals surface area contributed by atoms with Crippen molar-refractivity contribution in [3.05, 3.63) is 83.0 Å². The zero-order valence-electron chi connectivity index (χ0n) is 26.9. The normalized spacial score (nSPS) is 50.1. The van der Waals surface area contributed by atoms with Crippen LogP contribution in [0.5, 0.6) is 0 Å². The van der Waals surface area contributed by atoms with Crippen molar-refractivity contribution in [2.45, 2.75) is 86.7 Å². The lowest BCUT2D eigenvalue weighted by atomic mass is 9.47. The fourth-order valence-corrected chi connectivity index (χ4v) is 15.0. The number of anilines is 2. The van der Waals surface area contributed by atoms with Gasteiger partial charge in [-0.1, -0.05) is 59.7 Å². The van der Waals surface area contributed by atoms with Gasteiger partial charge in [0.15, 0.2) is 0 Å². The number of aliphatic hydroxyl groups excluding tert-OH is 1. The third-order valence-electron chi connectivity index (χ3n) is 16.1. The van der Waals surface area contributed by atoms with E-state index in [1.54, 1.807) is 5.57 Å². The van der Waals surface area contributed by atoms with Crippen LogP contribution < -0.4 is 9.80 Å². The van der Waals surface area contributed by atoms with Crippen molar-refractivity contribution in [2.24, 2.45) is 29.6 Å². The fourth-order valence-electron chi connectivity index (χ4n) is 15.0. The number of allylic oxidation sites excluding steroid dienone is 2. The van der Waals surface area contributed by atoms with Crippen molar-refractivity contribution >= 4 is 17.3 Å². The molecule has 2 spiro atoms. The van der Waals surface area contributed by atoms with E-state index >= 15 is 4.79 Å².